The highest BCUT2D eigenvalue weighted by Gasteiger charge is 2.33. The minimum atomic E-state index is -0.660. The lowest BCUT2D eigenvalue weighted by Gasteiger charge is -2.19. The molecule has 0 bridgehead atoms. The Morgan fingerprint density at radius 2 is 1.48 bits per heavy atom. The summed E-state index contributed by atoms with van der Waals surface area (Å²) in [6, 6.07) is 18.2. The Hall–Kier alpha value is -3.24. The first-order chi connectivity index (χ1) is 13.1. The molecule has 5 heteroatoms. The molecule has 0 saturated carbocycles. The topological polar surface area (TPSA) is 60.4 Å². The first-order valence-corrected chi connectivity index (χ1v) is 8.67. The van der Waals surface area contributed by atoms with E-state index in [0.29, 0.717) is 16.1 Å². The molecule has 0 amide bonds. The predicted octanol–water partition coefficient (Wildman–Crippen LogP) is 4.47. The lowest BCUT2D eigenvalue weighted by molar-refractivity contribution is 0.0470. The van der Waals surface area contributed by atoms with Gasteiger partial charge in [-0.25, -0.2) is 4.79 Å². The highest BCUT2D eigenvalue weighted by Crippen LogP contribution is 2.30. The number of hydrogen-bond donors (Lipinski definition) is 0. The van der Waals surface area contributed by atoms with E-state index in [2.05, 4.69) is 0 Å². The molecule has 3 aromatic rings. The van der Waals surface area contributed by atoms with Crippen LogP contribution in [0.1, 0.15) is 47.8 Å². The van der Waals surface area contributed by atoms with Crippen LogP contribution >= 0.6 is 11.6 Å². The molecule has 27 heavy (non-hydrogen) atoms. The molecule has 0 radical (unpaired) electrons. The molecule has 0 atom stereocenters. The molecule has 0 aromatic heterocycles. The number of esters is 1. The van der Waals surface area contributed by atoms with Crippen molar-refractivity contribution in [1.82, 2.24) is 0 Å². The smallest absolute Gasteiger partial charge is 0.339 e. The minimum Gasteiger partial charge on any atom is -0.457 e. The van der Waals surface area contributed by atoms with E-state index in [9.17, 15) is 14.4 Å². The molecule has 0 aliphatic heterocycles. The van der Waals surface area contributed by atoms with Crippen LogP contribution < -0.4 is 0 Å². The minimum absolute atomic E-state index is 0.0157. The van der Waals surface area contributed by atoms with Crippen LogP contribution in [-0.4, -0.2) is 17.5 Å². The summed E-state index contributed by atoms with van der Waals surface area (Å²) < 4.78 is 5.35. The van der Waals surface area contributed by atoms with E-state index >= 15 is 0 Å². The summed E-state index contributed by atoms with van der Waals surface area (Å²) in [6.07, 6.45) is 0. The average molecular weight is 377 g/mol. The molecule has 0 spiro atoms. The maximum absolute atomic E-state index is 12.9. The van der Waals surface area contributed by atoms with Gasteiger partial charge in [0.15, 0.2) is 11.6 Å². The van der Waals surface area contributed by atoms with Gasteiger partial charge in [0.25, 0.3) is 0 Å². The van der Waals surface area contributed by atoms with Crippen molar-refractivity contribution in [2.45, 2.75) is 6.61 Å². The molecule has 4 nitrogen and oxygen atoms in total. The summed E-state index contributed by atoms with van der Waals surface area (Å²) in [6.45, 7) is 0.0157. The first-order valence-electron chi connectivity index (χ1n) is 8.29. The van der Waals surface area contributed by atoms with Gasteiger partial charge in [-0.3, -0.25) is 9.59 Å². The Morgan fingerprint density at radius 1 is 0.815 bits per heavy atom. The Morgan fingerprint density at radius 3 is 2.22 bits per heavy atom. The molecule has 0 fully saturated rings. The lowest BCUT2D eigenvalue weighted by Crippen LogP contribution is -2.24. The quantitative estimate of drug-likeness (QED) is 0.495. The largest absolute Gasteiger partial charge is 0.457 e. The van der Waals surface area contributed by atoms with Crippen LogP contribution in [0.4, 0.5) is 0 Å². The van der Waals surface area contributed by atoms with Crippen LogP contribution in [0.5, 0.6) is 0 Å². The standard InChI is InChI=1S/C22H13ClO4/c23-14-6-3-5-13(11-14)12-27-22(26)18-10-4-9-17-19(18)21(25)16-8-2-1-7-15(16)20(17)24/h1-11H,12H2. The average Bonchev–Trinajstić information content (AvgIpc) is 2.70. The highest BCUT2D eigenvalue weighted by atomic mass is 35.5. The molecule has 0 unspecified atom stereocenters. The molecule has 0 saturated heterocycles. The van der Waals surface area contributed by atoms with Crippen molar-refractivity contribution in [3.05, 3.63) is 105 Å². The second kappa shape index (κ2) is 6.82. The van der Waals surface area contributed by atoms with Gasteiger partial charge in [-0.15, -0.1) is 0 Å². The number of ether oxygens (including phenoxy) is 1. The summed E-state index contributed by atoms with van der Waals surface area (Å²) in [5.74, 6) is -1.28. The Labute approximate surface area is 160 Å². The highest BCUT2D eigenvalue weighted by molar-refractivity contribution is 6.31. The number of benzene rings is 3. The molecule has 1 aliphatic rings. The summed E-state index contributed by atoms with van der Waals surface area (Å²) in [5.41, 5.74) is 1.77. The van der Waals surface area contributed by atoms with Gasteiger partial charge in [-0.2, -0.15) is 0 Å². The second-order valence-electron chi connectivity index (χ2n) is 6.14. The summed E-state index contributed by atoms with van der Waals surface area (Å²) >= 11 is 5.93. The van der Waals surface area contributed by atoms with Crippen molar-refractivity contribution >= 4 is 29.1 Å². The number of fused-ring (bicyclic) bond motifs is 2. The van der Waals surface area contributed by atoms with E-state index in [1.807, 2.05) is 0 Å². The van der Waals surface area contributed by atoms with Crippen molar-refractivity contribution in [2.75, 3.05) is 0 Å². The van der Waals surface area contributed by atoms with Crippen molar-refractivity contribution in [1.29, 1.82) is 0 Å². The van der Waals surface area contributed by atoms with Gasteiger partial charge in [0.2, 0.25) is 0 Å². The first kappa shape index (κ1) is 17.2. The zero-order chi connectivity index (χ0) is 19.0. The molecular formula is C22H13ClO4. The maximum Gasteiger partial charge on any atom is 0.339 e. The molecule has 3 aromatic carbocycles. The lowest BCUT2D eigenvalue weighted by atomic mass is 9.82. The Kier molecular flexibility index (Phi) is 4.34. The van der Waals surface area contributed by atoms with Crippen molar-refractivity contribution in [2.24, 2.45) is 0 Å². The number of halogens is 1. The van der Waals surface area contributed by atoms with Crippen LogP contribution in [0, 0.1) is 0 Å². The normalized spacial score (nSPS) is 12.3. The third kappa shape index (κ3) is 3.04. The number of ketones is 2. The third-order valence-corrected chi connectivity index (χ3v) is 4.67. The summed E-state index contributed by atoms with van der Waals surface area (Å²) in [5, 5.41) is 0.540. The van der Waals surface area contributed by atoms with Gasteiger partial charge >= 0.3 is 5.97 Å². The predicted molar refractivity (Wildman–Crippen MR) is 100 cm³/mol. The Bertz CT molecular complexity index is 1100. The zero-order valence-corrected chi connectivity index (χ0v) is 14.8. The van der Waals surface area contributed by atoms with Crippen molar-refractivity contribution < 1.29 is 19.1 Å². The van der Waals surface area contributed by atoms with E-state index in [-0.39, 0.29) is 34.9 Å². The number of carbonyl (C=O) groups excluding carboxylic acids is 3. The maximum atomic E-state index is 12.9. The van der Waals surface area contributed by atoms with Gasteiger partial charge in [0, 0.05) is 27.3 Å². The summed E-state index contributed by atoms with van der Waals surface area (Å²) in [7, 11) is 0. The monoisotopic (exact) mass is 376 g/mol. The second-order valence-corrected chi connectivity index (χ2v) is 6.57. The molecule has 132 valence electrons. The third-order valence-electron chi connectivity index (χ3n) is 4.43. The fourth-order valence-corrected chi connectivity index (χ4v) is 3.38. The van der Waals surface area contributed by atoms with Crippen LogP contribution in [0.25, 0.3) is 0 Å². The van der Waals surface area contributed by atoms with Gasteiger partial charge < -0.3 is 4.74 Å². The van der Waals surface area contributed by atoms with E-state index in [4.69, 9.17) is 16.3 Å². The van der Waals surface area contributed by atoms with Gasteiger partial charge in [-0.1, -0.05) is 60.1 Å². The fraction of sp³-hybridized carbons (Fsp3) is 0.0455. The van der Waals surface area contributed by atoms with Crippen LogP contribution in [0.2, 0.25) is 5.02 Å². The molecule has 0 N–H and O–H groups in total. The van der Waals surface area contributed by atoms with Crippen LogP contribution in [-0.2, 0) is 11.3 Å². The zero-order valence-electron chi connectivity index (χ0n) is 14.1. The SMILES string of the molecule is O=C(OCc1cccc(Cl)c1)c1cccc2c1C(=O)c1ccccc1C2=O. The Balaban J connectivity index is 1.68. The van der Waals surface area contributed by atoms with Crippen LogP contribution in [0.3, 0.4) is 0 Å². The summed E-state index contributed by atoms with van der Waals surface area (Å²) in [4.78, 5) is 38.3. The van der Waals surface area contributed by atoms with E-state index < -0.39 is 5.97 Å². The number of carbonyl (C=O) groups is 3. The van der Waals surface area contributed by atoms with E-state index in [0.717, 1.165) is 5.56 Å². The molecule has 4 rings (SSSR count). The molecule has 1 aliphatic carbocycles. The van der Waals surface area contributed by atoms with Gasteiger partial charge in [0.1, 0.15) is 6.61 Å². The number of rotatable bonds is 3. The van der Waals surface area contributed by atoms with Gasteiger partial charge in [-0.05, 0) is 23.8 Å². The molecular weight excluding hydrogens is 364 g/mol. The van der Waals surface area contributed by atoms with E-state index in [1.54, 1.807) is 60.7 Å². The van der Waals surface area contributed by atoms with Crippen LogP contribution in [0.15, 0.2) is 66.7 Å². The molecule has 0 heterocycles. The number of hydrogen-bond acceptors (Lipinski definition) is 4. The van der Waals surface area contributed by atoms with E-state index in [1.165, 1.54) is 6.07 Å². The van der Waals surface area contributed by atoms with Gasteiger partial charge in [0.05, 0.1) is 5.56 Å². The van der Waals surface area contributed by atoms with Crippen molar-refractivity contribution in [3.63, 3.8) is 0 Å². The fourth-order valence-electron chi connectivity index (χ4n) is 3.17. The van der Waals surface area contributed by atoms with Crippen molar-refractivity contribution in [3.8, 4) is 0 Å².